The molecule has 2 N–H and O–H groups in total. The van der Waals surface area contributed by atoms with E-state index in [9.17, 15) is 4.79 Å². The molecule has 3 rings (SSSR count). The number of amides is 1. The van der Waals surface area contributed by atoms with Crippen LogP contribution >= 0.6 is 0 Å². The fraction of sp³-hybridized carbons (Fsp3) is 0.261. The van der Waals surface area contributed by atoms with Crippen molar-refractivity contribution in [3.05, 3.63) is 77.1 Å². The van der Waals surface area contributed by atoms with Crippen LogP contribution in [0.1, 0.15) is 53.7 Å². The average molecular weight is 374 g/mol. The number of para-hydroxylation sites is 1. The molecule has 0 radical (unpaired) electrons. The van der Waals surface area contributed by atoms with Gasteiger partial charge in [0.15, 0.2) is 0 Å². The number of rotatable bonds is 6. The third-order valence-corrected chi connectivity index (χ3v) is 4.70. The van der Waals surface area contributed by atoms with Gasteiger partial charge in [-0.3, -0.25) is 4.79 Å². The summed E-state index contributed by atoms with van der Waals surface area (Å²) in [7, 11) is 0. The number of carbonyl (C=O) groups is 1. The van der Waals surface area contributed by atoms with Crippen molar-refractivity contribution in [2.75, 3.05) is 10.6 Å². The first-order chi connectivity index (χ1) is 13.5. The fourth-order valence-corrected chi connectivity index (χ4v) is 2.99. The minimum Gasteiger partial charge on any atom is -0.324 e. The van der Waals surface area contributed by atoms with E-state index in [-0.39, 0.29) is 5.91 Å². The molecule has 0 bridgehead atoms. The number of benzene rings is 2. The molecule has 1 aromatic heterocycles. The summed E-state index contributed by atoms with van der Waals surface area (Å²) >= 11 is 0. The largest absolute Gasteiger partial charge is 0.324 e. The van der Waals surface area contributed by atoms with Crippen LogP contribution in [0.2, 0.25) is 0 Å². The second-order valence-corrected chi connectivity index (χ2v) is 7.12. The molecule has 28 heavy (non-hydrogen) atoms. The molecule has 3 aromatic rings. The smallest absolute Gasteiger partial charge is 0.258 e. The van der Waals surface area contributed by atoms with Crippen molar-refractivity contribution < 1.29 is 4.79 Å². The van der Waals surface area contributed by atoms with Gasteiger partial charge in [0.2, 0.25) is 5.95 Å². The Hall–Kier alpha value is -3.21. The molecule has 0 saturated heterocycles. The molecule has 1 heterocycles. The highest BCUT2D eigenvalue weighted by molar-refractivity contribution is 6.04. The first-order valence-electron chi connectivity index (χ1n) is 9.56. The SMILES string of the molecule is CCc1ccc(Nc2ncc(C(=O)Nc3c(C)cccc3C(C)C)cn2)cc1. The molecule has 0 aliphatic rings. The zero-order valence-corrected chi connectivity index (χ0v) is 16.8. The van der Waals surface area contributed by atoms with Gasteiger partial charge in [-0.2, -0.15) is 0 Å². The molecule has 0 aliphatic heterocycles. The molecule has 5 nitrogen and oxygen atoms in total. The summed E-state index contributed by atoms with van der Waals surface area (Å²) in [6, 6.07) is 14.2. The molecule has 0 saturated carbocycles. The molecule has 2 aromatic carbocycles. The number of nitrogens with one attached hydrogen (secondary N) is 2. The lowest BCUT2D eigenvalue weighted by Gasteiger charge is -2.16. The predicted molar refractivity (Wildman–Crippen MR) is 114 cm³/mol. The van der Waals surface area contributed by atoms with Crippen molar-refractivity contribution in [3.63, 3.8) is 0 Å². The maximum atomic E-state index is 12.7. The van der Waals surface area contributed by atoms with Gasteiger partial charge >= 0.3 is 0 Å². The Labute approximate surface area is 166 Å². The molecular weight excluding hydrogens is 348 g/mol. The van der Waals surface area contributed by atoms with Gasteiger partial charge in [0.1, 0.15) is 0 Å². The monoisotopic (exact) mass is 374 g/mol. The normalized spacial score (nSPS) is 10.8. The van der Waals surface area contributed by atoms with Crippen molar-refractivity contribution in [3.8, 4) is 0 Å². The highest BCUT2D eigenvalue weighted by Gasteiger charge is 2.14. The van der Waals surface area contributed by atoms with E-state index in [4.69, 9.17) is 0 Å². The highest BCUT2D eigenvalue weighted by Crippen LogP contribution is 2.27. The van der Waals surface area contributed by atoms with E-state index in [0.717, 1.165) is 28.9 Å². The van der Waals surface area contributed by atoms with Gasteiger partial charge in [0.25, 0.3) is 5.91 Å². The second-order valence-electron chi connectivity index (χ2n) is 7.12. The van der Waals surface area contributed by atoms with Gasteiger partial charge < -0.3 is 10.6 Å². The van der Waals surface area contributed by atoms with Gasteiger partial charge in [-0.15, -0.1) is 0 Å². The third kappa shape index (κ3) is 4.55. The maximum absolute atomic E-state index is 12.7. The number of anilines is 3. The lowest BCUT2D eigenvalue weighted by molar-refractivity contribution is 0.102. The lowest BCUT2D eigenvalue weighted by atomic mass is 9.98. The van der Waals surface area contributed by atoms with Crippen LogP contribution in [0.3, 0.4) is 0 Å². The van der Waals surface area contributed by atoms with Crippen LogP contribution < -0.4 is 10.6 Å². The quantitative estimate of drug-likeness (QED) is 0.601. The van der Waals surface area contributed by atoms with Crippen molar-refractivity contribution in [2.45, 2.75) is 40.0 Å². The molecule has 0 fully saturated rings. The van der Waals surface area contributed by atoms with Crippen LogP contribution in [0, 0.1) is 6.92 Å². The minimum atomic E-state index is -0.213. The molecule has 0 unspecified atom stereocenters. The number of nitrogens with zero attached hydrogens (tertiary/aromatic N) is 2. The van der Waals surface area contributed by atoms with Crippen LogP contribution in [-0.4, -0.2) is 15.9 Å². The second kappa shape index (κ2) is 8.65. The summed E-state index contributed by atoms with van der Waals surface area (Å²) in [5, 5.41) is 6.17. The molecule has 0 atom stereocenters. The molecule has 1 amide bonds. The van der Waals surface area contributed by atoms with Crippen molar-refractivity contribution >= 4 is 23.2 Å². The minimum absolute atomic E-state index is 0.213. The van der Waals surface area contributed by atoms with E-state index in [2.05, 4.69) is 53.5 Å². The van der Waals surface area contributed by atoms with E-state index < -0.39 is 0 Å². The Kier molecular flexibility index (Phi) is 6.04. The average Bonchev–Trinajstić information content (AvgIpc) is 2.70. The fourth-order valence-electron chi connectivity index (χ4n) is 2.99. The standard InChI is InChI=1S/C23H26N4O/c1-5-17-9-11-19(12-10-17)26-23-24-13-18(14-25-23)22(28)27-21-16(4)7-6-8-20(21)15(2)3/h6-15H,5H2,1-4H3,(H,27,28)(H,24,25,26). The molecule has 0 aliphatic carbocycles. The van der Waals surface area contributed by atoms with Gasteiger partial charge in [0.05, 0.1) is 5.56 Å². The molecule has 144 valence electrons. The number of carbonyl (C=O) groups excluding carboxylic acids is 1. The van der Waals surface area contributed by atoms with Crippen molar-refractivity contribution in [2.24, 2.45) is 0 Å². The first-order valence-corrected chi connectivity index (χ1v) is 9.56. The van der Waals surface area contributed by atoms with Gasteiger partial charge in [-0.1, -0.05) is 51.1 Å². The number of aryl methyl sites for hydroxylation is 2. The molecule has 0 spiro atoms. The van der Waals surface area contributed by atoms with Crippen LogP contribution in [0.15, 0.2) is 54.9 Å². The van der Waals surface area contributed by atoms with Crippen LogP contribution in [0.4, 0.5) is 17.3 Å². The summed E-state index contributed by atoms with van der Waals surface area (Å²) in [5.74, 6) is 0.562. The van der Waals surface area contributed by atoms with E-state index in [0.29, 0.717) is 17.4 Å². The van der Waals surface area contributed by atoms with E-state index >= 15 is 0 Å². The van der Waals surface area contributed by atoms with Crippen LogP contribution in [0.25, 0.3) is 0 Å². The summed E-state index contributed by atoms with van der Waals surface area (Å²) in [6.07, 6.45) is 4.08. The van der Waals surface area contributed by atoms with Crippen LogP contribution in [0.5, 0.6) is 0 Å². The predicted octanol–water partition coefficient (Wildman–Crippen LogP) is 5.47. The Morgan fingerprint density at radius 3 is 2.32 bits per heavy atom. The summed E-state index contributed by atoms with van der Waals surface area (Å²) in [5.41, 5.74) is 5.62. The van der Waals surface area contributed by atoms with E-state index in [1.807, 2.05) is 37.3 Å². The Morgan fingerprint density at radius 1 is 1.04 bits per heavy atom. The van der Waals surface area contributed by atoms with Gasteiger partial charge in [0, 0.05) is 23.8 Å². The summed E-state index contributed by atoms with van der Waals surface area (Å²) < 4.78 is 0. The number of hydrogen-bond acceptors (Lipinski definition) is 4. The zero-order chi connectivity index (χ0) is 20.1. The van der Waals surface area contributed by atoms with Gasteiger partial charge in [-0.25, -0.2) is 9.97 Å². The Bertz CT molecular complexity index is 947. The Balaban J connectivity index is 1.72. The van der Waals surface area contributed by atoms with Gasteiger partial charge in [-0.05, 0) is 48.1 Å². The van der Waals surface area contributed by atoms with E-state index in [1.54, 1.807) is 12.4 Å². The topological polar surface area (TPSA) is 66.9 Å². The first kappa shape index (κ1) is 19.5. The van der Waals surface area contributed by atoms with Crippen LogP contribution in [-0.2, 0) is 6.42 Å². The maximum Gasteiger partial charge on any atom is 0.258 e. The summed E-state index contributed by atoms with van der Waals surface area (Å²) in [6.45, 7) is 8.34. The highest BCUT2D eigenvalue weighted by atomic mass is 16.1. The third-order valence-electron chi connectivity index (χ3n) is 4.70. The number of aromatic nitrogens is 2. The molecule has 5 heteroatoms. The summed E-state index contributed by atoms with van der Waals surface area (Å²) in [4.78, 5) is 21.2. The van der Waals surface area contributed by atoms with Crippen molar-refractivity contribution in [1.29, 1.82) is 0 Å². The Morgan fingerprint density at radius 2 is 1.71 bits per heavy atom. The van der Waals surface area contributed by atoms with Crippen molar-refractivity contribution in [1.82, 2.24) is 9.97 Å². The van der Waals surface area contributed by atoms with E-state index in [1.165, 1.54) is 5.56 Å². The number of hydrogen-bond donors (Lipinski definition) is 2. The lowest BCUT2D eigenvalue weighted by Crippen LogP contribution is -2.15. The zero-order valence-electron chi connectivity index (χ0n) is 16.8. The molecular formula is C23H26N4O.